The van der Waals surface area contributed by atoms with Crippen LogP contribution in [0.5, 0.6) is 0 Å². The van der Waals surface area contributed by atoms with Crippen LogP contribution in [0.25, 0.3) is 11.0 Å². The number of alkyl halides is 4. The van der Waals surface area contributed by atoms with Crippen LogP contribution in [0.4, 0.5) is 35.1 Å². The molecular formula is C26H28F4N8O3. The van der Waals surface area contributed by atoms with Crippen molar-refractivity contribution in [1.29, 1.82) is 0 Å². The number of nitrogens with one attached hydrogen (secondary N) is 2. The predicted octanol–water partition coefficient (Wildman–Crippen LogP) is 3.01. The van der Waals surface area contributed by atoms with Gasteiger partial charge < -0.3 is 29.7 Å². The van der Waals surface area contributed by atoms with Gasteiger partial charge in [-0.05, 0) is 18.2 Å². The van der Waals surface area contributed by atoms with E-state index in [-0.39, 0.29) is 42.6 Å². The van der Waals surface area contributed by atoms with Crippen molar-refractivity contribution in [2.45, 2.75) is 24.8 Å². The first-order valence-electron chi connectivity index (χ1n) is 12.9. The minimum absolute atomic E-state index is 0.0306. The lowest BCUT2D eigenvalue weighted by molar-refractivity contribution is -0.138. The Morgan fingerprint density at radius 2 is 1.85 bits per heavy atom. The van der Waals surface area contributed by atoms with Crippen molar-refractivity contribution >= 4 is 40.4 Å². The number of imidazole rings is 1. The van der Waals surface area contributed by atoms with Gasteiger partial charge in [-0.15, -0.1) is 0 Å². The van der Waals surface area contributed by atoms with Crippen molar-refractivity contribution in [2.24, 2.45) is 7.05 Å². The van der Waals surface area contributed by atoms with E-state index in [1.54, 1.807) is 33.5 Å². The van der Waals surface area contributed by atoms with Crippen molar-refractivity contribution < 1.29 is 31.9 Å². The SMILES string of the molecule is C=CC(=O)Nc1cc2nc(N3C[C@H](F)C[C@@H](Nc4ncc(C(F)(F)F)cn4)C3)n(C)c2cc1C(=O)N1CCOCC1. The fourth-order valence-electron chi connectivity index (χ4n) is 4.95. The second-order valence-corrected chi connectivity index (χ2v) is 9.83. The van der Waals surface area contributed by atoms with Crippen LogP contribution in [-0.4, -0.2) is 87.8 Å². The van der Waals surface area contributed by atoms with Crippen LogP contribution in [0.2, 0.25) is 0 Å². The van der Waals surface area contributed by atoms with Gasteiger partial charge >= 0.3 is 6.18 Å². The Bertz CT molecular complexity index is 1450. The second kappa shape index (κ2) is 11.3. The molecule has 0 radical (unpaired) electrons. The molecule has 2 aromatic heterocycles. The van der Waals surface area contributed by atoms with E-state index >= 15 is 0 Å². The average molecular weight is 577 g/mol. The molecule has 11 nitrogen and oxygen atoms in total. The lowest BCUT2D eigenvalue weighted by Gasteiger charge is -2.35. The number of benzene rings is 1. The van der Waals surface area contributed by atoms with Crippen LogP contribution in [-0.2, 0) is 22.8 Å². The molecule has 41 heavy (non-hydrogen) atoms. The first kappa shape index (κ1) is 28.3. The molecule has 2 amide bonds. The highest BCUT2D eigenvalue weighted by Crippen LogP contribution is 2.31. The maximum Gasteiger partial charge on any atom is 0.419 e. The van der Waals surface area contributed by atoms with Gasteiger partial charge in [-0.25, -0.2) is 19.3 Å². The molecule has 4 heterocycles. The fraction of sp³-hybridized carbons (Fsp3) is 0.423. The van der Waals surface area contributed by atoms with Crippen LogP contribution in [0.3, 0.4) is 0 Å². The number of carbonyl (C=O) groups excluding carboxylic acids is 2. The molecule has 0 unspecified atom stereocenters. The van der Waals surface area contributed by atoms with E-state index in [4.69, 9.17) is 4.74 Å². The molecular weight excluding hydrogens is 548 g/mol. The van der Waals surface area contributed by atoms with E-state index in [0.29, 0.717) is 55.7 Å². The topological polar surface area (TPSA) is 118 Å². The van der Waals surface area contributed by atoms with Crippen LogP contribution < -0.4 is 15.5 Å². The number of morpholine rings is 1. The maximum atomic E-state index is 14.9. The molecule has 218 valence electrons. The summed E-state index contributed by atoms with van der Waals surface area (Å²) < 4.78 is 60.5. The molecule has 2 aliphatic rings. The highest BCUT2D eigenvalue weighted by molar-refractivity contribution is 6.09. The van der Waals surface area contributed by atoms with Gasteiger partial charge in [-0.1, -0.05) is 6.58 Å². The number of ether oxygens (including phenoxy) is 1. The zero-order valence-corrected chi connectivity index (χ0v) is 22.1. The van der Waals surface area contributed by atoms with Crippen LogP contribution in [0, 0.1) is 0 Å². The van der Waals surface area contributed by atoms with Gasteiger partial charge in [0.25, 0.3) is 5.91 Å². The summed E-state index contributed by atoms with van der Waals surface area (Å²) in [6.07, 6.45) is -3.29. The summed E-state index contributed by atoms with van der Waals surface area (Å²) in [7, 11) is 1.74. The molecule has 2 N–H and O–H groups in total. The monoisotopic (exact) mass is 576 g/mol. The summed E-state index contributed by atoms with van der Waals surface area (Å²) in [5.74, 6) is -0.400. The van der Waals surface area contributed by atoms with Gasteiger partial charge in [0, 0.05) is 51.5 Å². The predicted molar refractivity (Wildman–Crippen MR) is 142 cm³/mol. The number of anilines is 3. The largest absolute Gasteiger partial charge is 0.419 e. The molecule has 2 atom stereocenters. The first-order valence-corrected chi connectivity index (χ1v) is 12.9. The van der Waals surface area contributed by atoms with E-state index in [9.17, 15) is 27.2 Å². The highest BCUT2D eigenvalue weighted by Gasteiger charge is 2.33. The minimum atomic E-state index is -4.56. The Morgan fingerprint density at radius 3 is 2.51 bits per heavy atom. The number of hydrogen-bond acceptors (Lipinski definition) is 8. The van der Waals surface area contributed by atoms with Gasteiger partial charge in [0.05, 0.1) is 47.6 Å². The number of rotatable bonds is 6. The molecule has 1 aromatic carbocycles. The molecule has 0 bridgehead atoms. The van der Waals surface area contributed by atoms with Crippen LogP contribution in [0.15, 0.2) is 37.2 Å². The van der Waals surface area contributed by atoms with Crippen molar-refractivity contribution in [1.82, 2.24) is 24.4 Å². The zero-order valence-electron chi connectivity index (χ0n) is 22.1. The Labute approximate surface area is 232 Å². The maximum absolute atomic E-state index is 14.9. The normalized spacial score (nSPS) is 19.7. The highest BCUT2D eigenvalue weighted by atomic mass is 19.4. The van der Waals surface area contributed by atoms with Gasteiger partial charge in [0.1, 0.15) is 6.17 Å². The number of hydrogen-bond donors (Lipinski definition) is 2. The molecule has 0 aliphatic carbocycles. The smallest absolute Gasteiger partial charge is 0.378 e. The number of halogens is 4. The standard InChI is InChI=1S/C26H28F4N8O3/c1-3-22(39)34-19-10-20-21(9-18(19)23(40)37-4-6-41-7-5-37)36(2)25(35-20)38-13-16(27)8-17(14-38)33-24-31-11-15(12-32-24)26(28,29)30/h3,9-12,16-17H,1,4-8,13-14H2,2H3,(H,34,39)(H,31,32,33)/t16-,17-/m1/s1. The summed E-state index contributed by atoms with van der Waals surface area (Å²) in [6.45, 7) is 5.40. The van der Waals surface area contributed by atoms with E-state index in [0.717, 1.165) is 6.08 Å². The van der Waals surface area contributed by atoms with Crippen LogP contribution >= 0.6 is 0 Å². The molecule has 15 heteroatoms. The van der Waals surface area contributed by atoms with Gasteiger partial charge in [0.2, 0.25) is 17.8 Å². The minimum Gasteiger partial charge on any atom is -0.378 e. The third-order valence-electron chi connectivity index (χ3n) is 6.96. The Morgan fingerprint density at radius 1 is 1.15 bits per heavy atom. The number of aryl methyl sites for hydroxylation is 1. The van der Waals surface area contributed by atoms with Gasteiger partial charge in [-0.2, -0.15) is 13.2 Å². The fourth-order valence-corrected chi connectivity index (χ4v) is 4.95. The van der Waals surface area contributed by atoms with Crippen molar-refractivity contribution in [3.8, 4) is 0 Å². The summed E-state index contributed by atoms with van der Waals surface area (Å²) >= 11 is 0. The van der Waals surface area contributed by atoms with Gasteiger partial charge in [-0.3, -0.25) is 9.59 Å². The second-order valence-electron chi connectivity index (χ2n) is 9.83. The van der Waals surface area contributed by atoms with E-state index in [1.165, 1.54) is 0 Å². The molecule has 2 fully saturated rings. The zero-order chi connectivity index (χ0) is 29.3. The van der Waals surface area contributed by atoms with Gasteiger partial charge in [0.15, 0.2) is 0 Å². The summed E-state index contributed by atoms with van der Waals surface area (Å²) in [4.78, 5) is 41.1. The molecule has 3 aromatic rings. The van der Waals surface area contributed by atoms with Crippen molar-refractivity contribution in [3.05, 3.63) is 48.3 Å². The molecule has 0 spiro atoms. The molecule has 0 saturated carbocycles. The molecule has 2 aliphatic heterocycles. The summed E-state index contributed by atoms with van der Waals surface area (Å²) in [5.41, 5.74) is 0.614. The Balaban J connectivity index is 1.43. The van der Waals surface area contributed by atoms with Crippen molar-refractivity contribution in [2.75, 3.05) is 54.9 Å². The number of fused-ring (bicyclic) bond motifs is 1. The van der Waals surface area contributed by atoms with Crippen molar-refractivity contribution in [3.63, 3.8) is 0 Å². The quantitative estimate of drug-likeness (QED) is 0.340. The number of piperidine rings is 1. The van der Waals surface area contributed by atoms with Crippen LogP contribution in [0.1, 0.15) is 22.3 Å². The summed E-state index contributed by atoms with van der Waals surface area (Å²) in [5, 5.41) is 5.60. The van der Waals surface area contributed by atoms with E-state index < -0.39 is 29.9 Å². The van der Waals surface area contributed by atoms with E-state index in [2.05, 4.69) is 32.2 Å². The average Bonchev–Trinajstić information content (AvgIpc) is 3.27. The summed E-state index contributed by atoms with van der Waals surface area (Å²) in [6, 6.07) is 2.72. The molecule has 2 saturated heterocycles. The number of amides is 2. The first-order chi connectivity index (χ1) is 19.5. The third-order valence-corrected chi connectivity index (χ3v) is 6.96. The molecule has 5 rings (SSSR count). The third kappa shape index (κ3) is 6.09. The Hall–Kier alpha value is -4.27. The number of aromatic nitrogens is 4. The lowest BCUT2D eigenvalue weighted by Crippen LogP contribution is -2.48. The Kier molecular flexibility index (Phi) is 7.80. The lowest BCUT2D eigenvalue weighted by atomic mass is 10.0. The number of carbonyl (C=O) groups is 2. The van der Waals surface area contributed by atoms with E-state index in [1.807, 2.05) is 0 Å². The number of nitrogens with zero attached hydrogens (tertiary/aromatic N) is 6.